The van der Waals surface area contributed by atoms with Gasteiger partial charge in [0, 0.05) is 5.56 Å². The molecule has 3 aromatic rings. The van der Waals surface area contributed by atoms with Crippen molar-refractivity contribution in [2.75, 3.05) is 6.61 Å². The van der Waals surface area contributed by atoms with E-state index in [0.717, 1.165) is 30.4 Å². The van der Waals surface area contributed by atoms with Crippen LogP contribution in [0, 0.1) is 0 Å². The number of aliphatic hydroxyl groups is 1. The molecule has 0 bridgehead atoms. The third-order valence-corrected chi connectivity index (χ3v) is 5.36. The van der Waals surface area contributed by atoms with Gasteiger partial charge in [-0.3, -0.25) is 5.32 Å². The summed E-state index contributed by atoms with van der Waals surface area (Å²) in [6.07, 6.45) is 2.69. The summed E-state index contributed by atoms with van der Waals surface area (Å²) < 4.78 is 5.79. The lowest BCUT2D eigenvalue weighted by Crippen LogP contribution is -2.47. The lowest BCUT2D eigenvalue weighted by Gasteiger charge is -2.38. The molecule has 0 saturated carbocycles. The van der Waals surface area contributed by atoms with E-state index in [1.54, 1.807) is 0 Å². The van der Waals surface area contributed by atoms with Crippen molar-refractivity contribution in [3.8, 4) is 11.5 Å². The Labute approximate surface area is 162 Å². The van der Waals surface area contributed by atoms with Crippen LogP contribution in [0.2, 0.25) is 0 Å². The van der Waals surface area contributed by atoms with Gasteiger partial charge in [0.15, 0.2) is 11.5 Å². The maximum Gasteiger partial charge on any atom is 0.358 e. The van der Waals surface area contributed by atoms with Gasteiger partial charge in [0.25, 0.3) is 0 Å². The summed E-state index contributed by atoms with van der Waals surface area (Å²) in [4.78, 5) is 15.8. The Morgan fingerprint density at radius 1 is 1.14 bits per heavy atom. The first-order valence-electron chi connectivity index (χ1n) is 9.36. The van der Waals surface area contributed by atoms with Crippen LogP contribution in [0.4, 0.5) is 0 Å². The molecule has 0 spiro atoms. The molecule has 6 nitrogen and oxygen atoms in total. The van der Waals surface area contributed by atoms with Gasteiger partial charge >= 0.3 is 5.97 Å². The van der Waals surface area contributed by atoms with Gasteiger partial charge in [-0.1, -0.05) is 42.5 Å². The lowest BCUT2D eigenvalue weighted by atomic mass is 9.77. The molecule has 1 atom stereocenters. The molecule has 1 unspecified atom stereocenters. The van der Waals surface area contributed by atoms with Crippen molar-refractivity contribution in [3.05, 3.63) is 77.2 Å². The normalized spacial score (nSPS) is 18.6. The second-order valence-electron chi connectivity index (χ2n) is 7.07. The number of benzene rings is 2. The Balaban J connectivity index is 1.64. The Morgan fingerprint density at radius 2 is 1.89 bits per heavy atom. The highest BCUT2D eigenvalue weighted by molar-refractivity contribution is 5.87. The molecule has 2 aromatic carbocycles. The molecule has 0 saturated heterocycles. The van der Waals surface area contributed by atoms with Crippen LogP contribution in [-0.4, -0.2) is 27.8 Å². The predicted octanol–water partition coefficient (Wildman–Crippen LogP) is 3.35. The average Bonchev–Trinajstić information content (AvgIpc) is 3.18. The van der Waals surface area contributed by atoms with Crippen molar-refractivity contribution in [1.82, 2.24) is 10.3 Å². The number of nitrogens with zero attached hydrogens (tertiary/aromatic N) is 1. The van der Waals surface area contributed by atoms with Crippen molar-refractivity contribution >= 4 is 5.97 Å². The van der Waals surface area contributed by atoms with Crippen molar-refractivity contribution in [2.45, 2.75) is 31.3 Å². The summed E-state index contributed by atoms with van der Waals surface area (Å²) in [5.74, 6) is -0.607. The van der Waals surface area contributed by atoms with Crippen LogP contribution in [0.5, 0.6) is 0 Å². The zero-order valence-electron chi connectivity index (χ0n) is 15.4. The first-order chi connectivity index (χ1) is 13.6. The molecule has 0 amide bonds. The predicted molar refractivity (Wildman–Crippen MR) is 104 cm³/mol. The number of fused-ring (bicyclic) bond motifs is 1. The van der Waals surface area contributed by atoms with Crippen molar-refractivity contribution < 1.29 is 19.4 Å². The van der Waals surface area contributed by atoms with E-state index < -0.39 is 11.5 Å². The van der Waals surface area contributed by atoms with Crippen LogP contribution in [-0.2, 0) is 18.5 Å². The van der Waals surface area contributed by atoms with E-state index in [0.29, 0.717) is 0 Å². The second kappa shape index (κ2) is 7.58. The molecule has 28 heavy (non-hydrogen) atoms. The van der Waals surface area contributed by atoms with E-state index in [1.165, 1.54) is 5.56 Å². The standard InChI is InChI=1S/C22H22N2O4/c25-14-22(12-6-10-15-7-4-5-11-17(15)22)23-13-18-19(21(26)27)24-20(28-18)16-8-2-1-3-9-16/h1-5,7-9,11,23,25H,6,10,12-14H2,(H,26,27). The molecule has 1 aliphatic rings. The minimum Gasteiger partial charge on any atom is -0.476 e. The number of carboxylic acid groups (broad SMARTS) is 1. The molecule has 1 aromatic heterocycles. The van der Waals surface area contributed by atoms with E-state index in [4.69, 9.17) is 4.42 Å². The number of oxazole rings is 1. The van der Waals surface area contributed by atoms with E-state index >= 15 is 0 Å². The number of hydrogen-bond donors (Lipinski definition) is 3. The van der Waals surface area contributed by atoms with Crippen LogP contribution in [0.15, 0.2) is 59.0 Å². The monoisotopic (exact) mass is 378 g/mol. The van der Waals surface area contributed by atoms with Gasteiger partial charge in [0.1, 0.15) is 0 Å². The summed E-state index contributed by atoms with van der Waals surface area (Å²) in [7, 11) is 0. The summed E-state index contributed by atoms with van der Waals surface area (Å²) >= 11 is 0. The Kier molecular flexibility index (Phi) is 4.98. The third-order valence-electron chi connectivity index (χ3n) is 5.36. The van der Waals surface area contributed by atoms with Crippen LogP contribution >= 0.6 is 0 Å². The molecular formula is C22H22N2O4. The third kappa shape index (κ3) is 3.32. The maximum absolute atomic E-state index is 11.7. The van der Waals surface area contributed by atoms with Gasteiger partial charge in [0.2, 0.25) is 5.89 Å². The van der Waals surface area contributed by atoms with Crippen molar-refractivity contribution in [1.29, 1.82) is 0 Å². The SMILES string of the molecule is O=C(O)c1nc(-c2ccccc2)oc1CNC1(CO)CCCc2ccccc21. The molecule has 0 aliphatic heterocycles. The smallest absolute Gasteiger partial charge is 0.358 e. The minimum absolute atomic E-state index is 0.0773. The van der Waals surface area contributed by atoms with Gasteiger partial charge in [-0.2, -0.15) is 0 Å². The highest BCUT2D eigenvalue weighted by Crippen LogP contribution is 2.35. The van der Waals surface area contributed by atoms with Gasteiger partial charge in [-0.05, 0) is 42.5 Å². The number of nitrogens with one attached hydrogen (secondary N) is 1. The largest absolute Gasteiger partial charge is 0.476 e. The highest BCUT2D eigenvalue weighted by Gasteiger charge is 2.36. The zero-order valence-corrected chi connectivity index (χ0v) is 15.4. The Hall–Kier alpha value is -2.96. The lowest BCUT2D eigenvalue weighted by molar-refractivity contribution is 0.0687. The summed E-state index contributed by atoms with van der Waals surface area (Å²) in [5, 5.41) is 23.1. The quantitative estimate of drug-likeness (QED) is 0.609. The van der Waals surface area contributed by atoms with Crippen LogP contribution < -0.4 is 5.32 Å². The van der Waals surface area contributed by atoms with E-state index in [-0.39, 0.29) is 30.5 Å². The number of aromatic nitrogens is 1. The first kappa shape index (κ1) is 18.4. The fraction of sp³-hybridized carbons (Fsp3) is 0.273. The van der Waals surface area contributed by atoms with E-state index in [1.807, 2.05) is 48.5 Å². The fourth-order valence-electron chi connectivity index (χ4n) is 3.92. The van der Waals surface area contributed by atoms with Gasteiger partial charge in [0.05, 0.1) is 18.7 Å². The summed E-state index contributed by atoms with van der Waals surface area (Å²) in [6, 6.07) is 17.3. The molecule has 4 rings (SSSR count). The maximum atomic E-state index is 11.7. The van der Waals surface area contributed by atoms with E-state index in [9.17, 15) is 15.0 Å². The number of aliphatic hydroxyl groups excluding tert-OH is 1. The van der Waals surface area contributed by atoms with Crippen LogP contribution in [0.3, 0.4) is 0 Å². The topological polar surface area (TPSA) is 95.6 Å². The molecule has 6 heteroatoms. The Morgan fingerprint density at radius 3 is 2.64 bits per heavy atom. The van der Waals surface area contributed by atoms with Gasteiger partial charge in [-0.15, -0.1) is 0 Å². The number of hydrogen-bond acceptors (Lipinski definition) is 5. The molecule has 1 aliphatic carbocycles. The highest BCUT2D eigenvalue weighted by atomic mass is 16.4. The first-order valence-corrected chi connectivity index (χ1v) is 9.36. The van der Waals surface area contributed by atoms with Crippen molar-refractivity contribution in [2.24, 2.45) is 0 Å². The average molecular weight is 378 g/mol. The Bertz CT molecular complexity index is 983. The van der Waals surface area contributed by atoms with Crippen LogP contribution in [0.25, 0.3) is 11.5 Å². The molecule has 0 radical (unpaired) electrons. The van der Waals surface area contributed by atoms with Gasteiger partial charge < -0.3 is 14.6 Å². The molecule has 1 heterocycles. The molecule has 0 fully saturated rings. The number of aryl methyl sites for hydroxylation is 1. The summed E-state index contributed by atoms with van der Waals surface area (Å²) in [5.41, 5.74) is 2.25. The molecule has 3 N–H and O–H groups in total. The van der Waals surface area contributed by atoms with E-state index in [2.05, 4.69) is 16.4 Å². The van der Waals surface area contributed by atoms with Crippen molar-refractivity contribution in [3.63, 3.8) is 0 Å². The number of rotatable bonds is 6. The van der Waals surface area contributed by atoms with Gasteiger partial charge in [-0.25, -0.2) is 9.78 Å². The minimum atomic E-state index is -1.13. The fourth-order valence-corrected chi connectivity index (χ4v) is 3.92. The number of aromatic carboxylic acids is 1. The second-order valence-corrected chi connectivity index (χ2v) is 7.07. The van der Waals surface area contributed by atoms with Crippen LogP contribution in [0.1, 0.15) is 40.2 Å². The molecular weight excluding hydrogens is 356 g/mol. The molecule has 144 valence electrons. The summed E-state index contributed by atoms with van der Waals surface area (Å²) in [6.45, 7) is 0.0858. The number of carboxylic acids is 1. The number of carbonyl (C=O) groups is 1. The zero-order chi connectivity index (χ0) is 19.6.